The van der Waals surface area contributed by atoms with Crippen molar-refractivity contribution in [1.82, 2.24) is 15.1 Å². The molecule has 3 aliphatic rings. The largest absolute Gasteiger partial charge is 0.349 e. The number of hydrogen-bond acceptors (Lipinski definition) is 3. The summed E-state index contributed by atoms with van der Waals surface area (Å²) >= 11 is 0. The molecule has 1 aliphatic carbocycles. The molecule has 1 aromatic rings. The van der Waals surface area contributed by atoms with E-state index < -0.39 is 0 Å². The summed E-state index contributed by atoms with van der Waals surface area (Å²) in [5.74, 6) is 1.79. The molecule has 0 bridgehead atoms. The second kappa shape index (κ2) is 5.67. The fraction of sp³-hybridized carbons (Fsp3) is 0.611. The van der Waals surface area contributed by atoms with Crippen LogP contribution in [0.3, 0.4) is 0 Å². The van der Waals surface area contributed by atoms with E-state index in [2.05, 4.69) is 34.3 Å². The third kappa shape index (κ3) is 3.03. The van der Waals surface area contributed by atoms with Gasteiger partial charge in [0.1, 0.15) is 0 Å². The van der Waals surface area contributed by atoms with E-state index >= 15 is 0 Å². The maximum atomic E-state index is 12.0. The highest BCUT2D eigenvalue weighted by Gasteiger charge is 2.38. The third-order valence-electron chi connectivity index (χ3n) is 5.28. The molecular formula is C18H25N3O. The molecule has 2 atom stereocenters. The predicted molar refractivity (Wildman–Crippen MR) is 86.7 cm³/mol. The average molecular weight is 299 g/mol. The summed E-state index contributed by atoms with van der Waals surface area (Å²) in [4.78, 5) is 17.0. The van der Waals surface area contributed by atoms with Gasteiger partial charge in [-0.25, -0.2) is 0 Å². The van der Waals surface area contributed by atoms with Gasteiger partial charge in [0.2, 0.25) is 0 Å². The second-order valence-corrected chi connectivity index (χ2v) is 7.38. The highest BCUT2D eigenvalue weighted by Crippen LogP contribution is 2.31. The molecule has 4 heteroatoms. The fourth-order valence-corrected chi connectivity index (χ4v) is 3.97. The molecule has 1 N–H and O–H groups in total. The monoisotopic (exact) mass is 299 g/mol. The van der Waals surface area contributed by atoms with Crippen molar-refractivity contribution in [1.29, 1.82) is 0 Å². The van der Waals surface area contributed by atoms with Crippen molar-refractivity contribution in [2.45, 2.75) is 25.4 Å². The van der Waals surface area contributed by atoms with E-state index in [1.807, 2.05) is 12.1 Å². The number of benzene rings is 1. The smallest absolute Gasteiger partial charge is 0.251 e. The van der Waals surface area contributed by atoms with E-state index in [1.54, 1.807) is 0 Å². The summed E-state index contributed by atoms with van der Waals surface area (Å²) < 4.78 is 0. The third-order valence-corrected chi connectivity index (χ3v) is 5.28. The first kappa shape index (κ1) is 14.2. The zero-order chi connectivity index (χ0) is 15.1. The first-order valence-electron chi connectivity index (χ1n) is 8.48. The molecule has 1 aromatic carbocycles. The number of amides is 1. The lowest BCUT2D eigenvalue weighted by Gasteiger charge is -2.19. The molecule has 4 nitrogen and oxygen atoms in total. The molecule has 1 amide bonds. The van der Waals surface area contributed by atoms with Crippen LogP contribution in [0.4, 0.5) is 0 Å². The van der Waals surface area contributed by atoms with Crippen LogP contribution in [0.5, 0.6) is 0 Å². The molecule has 4 rings (SSSR count). The lowest BCUT2D eigenvalue weighted by atomic mass is 10.0. The van der Waals surface area contributed by atoms with Crippen molar-refractivity contribution in [3.05, 3.63) is 35.4 Å². The Balaban J connectivity index is 1.33. The zero-order valence-corrected chi connectivity index (χ0v) is 13.3. The summed E-state index contributed by atoms with van der Waals surface area (Å²) in [5, 5.41) is 3.04. The lowest BCUT2D eigenvalue weighted by Crippen LogP contribution is -2.27. The lowest BCUT2D eigenvalue weighted by molar-refractivity contribution is 0.0951. The van der Waals surface area contributed by atoms with Gasteiger partial charge in [-0.2, -0.15) is 0 Å². The number of likely N-dealkylation sites (tertiary alicyclic amines) is 2. The SMILES string of the molecule is CN1C[C@@H]2CN(Cc3ccc(C(=O)NC4CC4)cc3)C[C@@H]2C1. The van der Waals surface area contributed by atoms with Crippen molar-refractivity contribution < 1.29 is 4.79 Å². The number of carbonyl (C=O) groups is 1. The predicted octanol–water partition coefficient (Wildman–Crippen LogP) is 1.57. The Morgan fingerprint density at radius 2 is 1.73 bits per heavy atom. The highest BCUT2D eigenvalue weighted by atomic mass is 16.1. The minimum absolute atomic E-state index is 0.0767. The zero-order valence-electron chi connectivity index (χ0n) is 13.3. The number of nitrogens with one attached hydrogen (secondary N) is 1. The van der Waals surface area contributed by atoms with E-state index in [0.29, 0.717) is 6.04 Å². The van der Waals surface area contributed by atoms with Gasteiger partial charge in [-0.3, -0.25) is 9.69 Å². The molecule has 3 fully saturated rings. The minimum atomic E-state index is 0.0767. The van der Waals surface area contributed by atoms with Gasteiger partial charge in [0.25, 0.3) is 5.91 Å². The first-order valence-corrected chi connectivity index (χ1v) is 8.48. The van der Waals surface area contributed by atoms with Crippen molar-refractivity contribution in [2.75, 3.05) is 33.2 Å². The number of hydrogen-bond donors (Lipinski definition) is 1. The Bertz CT molecular complexity index is 538. The highest BCUT2D eigenvalue weighted by molar-refractivity contribution is 5.94. The molecule has 118 valence electrons. The minimum Gasteiger partial charge on any atom is -0.349 e. The standard InChI is InChI=1S/C18H25N3O/c1-20-9-15-11-21(12-16(15)10-20)8-13-2-4-14(5-3-13)18(22)19-17-6-7-17/h2-5,15-17H,6-12H2,1H3,(H,19,22)/t15-,16+. The molecule has 2 heterocycles. The second-order valence-electron chi connectivity index (χ2n) is 7.38. The summed E-state index contributed by atoms with van der Waals surface area (Å²) in [7, 11) is 2.23. The van der Waals surface area contributed by atoms with E-state index in [0.717, 1.165) is 36.8 Å². The summed E-state index contributed by atoms with van der Waals surface area (Å²) in [6.07, 6.45) is 2.27. The van der Waals surface area contributed by atoms with Gasteiger partial charge in [0.15, 0.2) is 0 Å². The fourth-order valence-electron chi connectivity index (χ4n) is 3.97. The van der Waals surface area contributed by atoms with Crippen molar-refractivity contribution >= 4 is 5.91 Å². The molecule has 2 aliphatic heterocycles. The maximum absolute atomic E-state index is 12.0. The Labute approximate surface area is 132 Å². The van der Waals surface area contributed by atoms with Gasteiger partial charge in [-0.1, -0.05) is 12.1 Å². The topological polar surface area (TPSA) is 35.6 Å². The molecule has 0 spiro atoms. The molecule has 2 saturated heterocycles. The first-order chi connectivity index (χ1) is 10.7. The van der Waals surface area contributed by atoms with Crippen LogP contribution in [0.15, 0.2) is 24.3 Å². The molecular weight excluding hydrogens is 274 g/mol. The van der Waals surface area contributed by atoms with Crippen molar-refractivity contribution in [3.63, 3.8) is 0 Å². The van der Waals surface area contributed by atoms with E-state index in [9.17, 15) is 4.79 Å². The molecule has 1 saturated carbocycles. The maximum Gasteiger partial charge on any atom is 0.251 e. The quantitative estimate of drug-likeness (QED) is 0.917. The molecule has 22 heavy (non-hydrogen) atoms. The van der Waals surface area contributed by atoms with Crippen LogP contribution in [-0.2, 0) is 6.54 Å². The van der Waals surface area contributed by atoms with Crippen molar-refractivity contribution in [3.8, 4) is 0 Å². The van der Waals surface area contributed by atoms with Gasteiger partial charge in [0.05, 0.1) is 0 Å². The average Bonchev–Trinajstić information content (AvgIpc) is 3.13. The van der Waals surface area contributed by atoms with E-state index in [1.165, 1.54) is 31.7 Å². The van der Waals surface area contributed by atoms with E-state index in [-0.39, 0.29) is 5.91 Å². The molecule has 0 radical (unpaired) electrons. The van der Waals surface area contributed by atoms with Crippen LogP contribution < -0.4 is 5.32 Å². The van der Waals surface area contributed by atoms with Gasteiger partial charge in [-0.15, -0.1) is 0 Å². The number of fused-ring (bicyclic) bond motifs is 1. The van der Waals surface area contributed by atoms with Gasteiger partial charge >= 0.3 is 0 Å². The van der Waals surface area contributed by atoms with Crippen LogP contribution in [0.1, 0.15) is 28.8 Å². The van der Waals surface area contributed by atoms with Gasteiger partial charge in [0, 0.05) is 44.3 Å². The summed E-state index contributed by atoms with van der Waals surface area (Å²) in [6, 6.07) is 8.59. The molecule has 0 aromatic heterocycles. The summed E-state index contributed by atoms with van der Waals surface area (Å²) in [5.41, 5.74) is 2.10. The van der Waals surface area contributed by atoms with Crippen LogP contribution in [0.25, 0.3) is 0 Å². The number of carbonyl (C=O) groups excluding carboxylic acids is 1. The van der Waals surface area contributed by atoms with E-state index in [4.69, 9.17) is 0 Å². The van der Waals surface area contributed by atoms with Crippen LogP contribution in [0.2, 0.25) is 0 Å². The number of rotatable bonds is 4. The Morgan fingerprint density at radius 3 is 2.32 bits per heavy atom. The Kier molecular flexibility index (Phi) is 3.66. The summed E-state index contributed by atoms with van der Waals surface area (Å²) in [6.45, 7) is 5.96. The van der Waals surface area contributed by atoms with Crippen molar-refractivity contribution in [2.24, 2.45) is 11.8 Å². The van der Waals surface area contributed by atoms with Crippen LogP contribution in [0, 0.1) is 11.8 Å². The molecule has 0 unspecified atom stereocenters. The normalized spacial score (nSPS) is 28.8. The Hall–Kier alpha value is -1.39. The van der Waals surface area contributed by atoms with Crippen LogP contribution in [-0.4, -0.2) is 55.0 Å². The number of nitrogens with zero attached hydrogens (tertiary/aromatic N) is 2. The van der Waals surface area contributed by atoms with Crippen LogP contribution >= 0.6 is 0 Å². The van der Waals surface area contributed by atoms with Gasteiger partial charge in [-0.05, 0) is 49.4 Å². The van der Waals surface area contributed by atoms with Gasteiger partial charge < -0.3 is 10.2 Å². The Morgan fingerprint density at radius 1 is 1.09 bits per heavy atom.